The van der Waals surface area contributed by atoms with Crippen LogP contribution in [0.4, 0.5) is 0 Å². The molecule has 12 aromatic rings. The van der Waals surface area contributed by atoms with Crippen LogP contribution in [0.3, 0.4) is 0 Å². The van der Waals surface area contributed by atoms with E-state index in [0.29, 0.717) is 0 Å². The number of para-hydroxylation sites is 2. The zero-order valence-electron chi connectivity index (χ0n) is 27.5. The van der Waals surface area contributed by atoms with Crippen LogP contribution in [0, 0.1) is 0 Å². The molecule has 0 fully saturated rings. The molecule has 0 amide bonds. The third-order valence-corrected chi connectivity index (χ3v) is 12.3. The van der Waals surface area contributed by atoms with Crippen LogP contribution in [0.5, 0.6) is 0 Å². The van der Waals surface area contributed by atoms with Crippen LogP contribution in [0.1, 0.15) is 0 Å². The lowest BCUT2D eigenvalue weighted by Gasteiger charge is -2.14. The molecule has 9 aromatic carbocycles. The van der Waals surface area contributed by atoms with E-state index in [4.69, 9.17) is 0 Å². The molecule has 0 unspecified atom stereocenters. The van der Waals surface area contributed by atoms with Crippen LogP contribution < -0.4 is 0 Å². The smallest absolute Gasteiger partial charge is 0.0562 e. The first-order valence-corrected chi connectivity index (χ1v) is 18.3. The van der Waals surface area contributed by atoms with Gasteiger partial charge in [0.2, 0.25) is 0 Å². The molecule has 2 nitrogen and oxygen atoms in total. The lowest BCUT2D eigenvalue weighted by molar-refractivity contribution is 1.17. The van der Waals surface area contributed by atoms with Gasteiger partial charge in [0.25, 0.3) is 0 Å². The van der Waals surface area contributed by atoms with Crippen molar-refractivity contribution in [1.29, 1.82) is 0 Å². The van der Waals surface area contributed by atoms with Gasteiger partial charge in [-0.1, -0.05) is 115 Å². The number of rotatable bonds is 2. The maximum absolute atomic E-state index is 2.48. The molecule has 0 bridgehead atoms. The van der Waals surface area contributed by atoms with Gasteiger partial charge in [0, 0.05) is 53.1 Å². The van der Waals surface area contributed by atoms with Gasteiger partial charge >= 0.3 is 0 Å². The van der Waals surface area contributed by atoms with E-state index in [1.807, 2.05) is 11.3 Å². The third kappa shape index (κ3) is 3.65. The van der Waals surface area contributed by atoms with E-state index in [2.05, 4.69) is 179 Å². The molecule has 3 heteroatoms. The molecule has 0 atom stereocenters. The molecule has 3 aromatic heterocycles. The number of thiophene rings is 1. The number of fused-ring (bicyclic) bond motifs is 16. The Hall–Kier alpha value is -6.42. The first-order chi connectivity index (χ1) is 25.3. The summed E-state index contributed by atoms with van der Waals surface area (Å²) in [6.07, 6.45) is 0. The zero-order valence-corrected chi connectivity index (χ0v) is 28.3. The van der Waals surface area contributed by atoms with Crippen molar-refractivity contribution in [2.45, 2.75) is 0 Å². The van der Waals surface area contributed by atoms with Gasteiger partial charge in [-0.15, -0.1) is 11.3 Å². The van der Waals surface area contributed by atoms with Gasteiger partial charge < -0.3 is 9.13 Å². The van der Waals surface area contributed by atoms with Crippen LogP contribution in [0.25, 0.3) is 107 Å². The summed E-state index contributed by atoms with van der Waals surface area (Å²) >= 11 is 1.91. The number of hydrogen-bond donors (Lipinski definition) is 0. The van der Waals surface area contributed by atoms with Gasteiger partial charge in [-0.05, 0) is 86.9 Å². The summed E-state index contributed by atoms with van der Waals surface area (Å²) in [5, 5.41) is 15.5. The standard InChI is InChI=1S/C48H28N2S/c1-2-12-29(13-3-1)49-43-25-24-38-37-19-9-11-21-46(37)51-48(38)47(43)41-27-40-36-18-8-10-20-42(36)50(44(40)28-45(41)49)30-22-23-35-33-16-5-4-14-31(33)32-15-6-7-17-34(32)39(35)26-30/h1-28H. The number of nitrogens with zero attached hydrogens (tertiary/aromatic N) is 2. The molecule has 0 aliphatic heterocycles. The molecule has 0 radical (unpaired) electrons. The molecule has 12 rings (SSSR count). The predicted octanol–water partition coefficient (Wildman–Crippen LogP) is 13.7. The van der Waals surface area contributed by atoms with Crippen LogP contribution in [0.2, 0.25) is 0 Å². The Balaban J connectivity index is 1.24. The highest BCUT2D eigenvalue weighted by Crippen LogP contribution is 2.46. The second-order valence-corrected chi connectivity index (χ2v) is 14.7. The van der Waals surface area contributed by atoms with Crippen LogP contribution in [0.15, 0.2) is 170 Å². The third-order valence-electron chi connectivity index (χ3n) is 11.1. The highest BCUT2D eigenvalue weighted by molar-refractivity contribution is 7.26. The van der Waals surface area contributed by atoms with Crippen molar-refractivity contribution in [2.24, 2.45) is 0 Å². The summed E-state index contributed by atoms with van der Waals surface area (Å²) in [5.74, 6) is 0. The van der Waals surface area contributed by atoms with E-state index in [9.17, 15) is 0 Å². The van der Waals surface area contributed by atoms with Crippen molar-refractivity contribution in [3.05, 3.63) is 170 Å². The zero-order chi connectivity index (χ0) is 33.2. The Morgan fingerprint density at radius 1 is 0.294 bits per heavy atom. The van der Waals surface area contributed by atoms with Crippen molar-refractivity contribution < 1.29 is 0 Å². The fraction of sp³-hybridized carbons (Fsp3) is 0. The second-order valence-electron chi connectivity index (χ2n) is 13.7. The Kier molecular flexibility index (Phi) is 5.41. The highest BCUT2D eigenvalue weighted by atomic mass is 32.1. The Labute approximate surface area is 296 Å². The topological polar surface area (TPSA) is 9.86 Å². The fourth-order valence-corrected chi connectivity index (χ4v) is 10.2. The molecule has 0 aliphatic carbocycles. The number of aromatic nitrogens is 2. The van der Waals surface area contributed by atoms with Gasteiger partial charge in [-0.2, -0.15) is 0 Å². The molecule has 0 saturated carbocycles. The van der Waals surface area contributed by atoms with E-state index in [-0.39, 0.29) is 0 Å². The molecule has 0 spiro atoms. The van der Waals surface area contributed by atoms with Crippen LogP contribution >= 0.6 is 11.3 Å². The lowest BCUT2D eigenvalue weighted by Crippen LogP contribution is -1.96. The van der Waals surface area contributed by atoms with Gasteiger partial charge in [-0.3, -0.25) is 0 Å². The van der Waals surface area contributed by atoms with Gasteiger partial charge in [0.15, 0.2) is 0 Å². The van der Waals surface area contributed by atoms with E-state index in [0.717, 1.165) is 0 Å². The van der Waals surface area contributed by atoms with Crippen molar-refractivity contribution in [3.63, 3.8) is 0 Å². The molecule has 0 saturated heterocycles. The molecule has 0 aliphatic rings. The SMILES string of the molecule is c1ccc(-n2c3cc4c(cc3c3c5sc6ccccc6c5ccc32)c2ccccc2n4-c2ccc3c4ccccc4c4ccccc4c3c2)cc1. The van der Waals surface area contributed by atoms with Crippen molar-refractivity contribution in [1.82, 2.24) is 9.13 Å². The average Bonchev–Trinajstić information content (AvgIpc) is 3.84. The molecular formula is C48H28N2S. The summed E-state index contributed by atoms with van der Waals surface area (Å²) in [7, 11) is 0. The van der Waals surface area contributed by atoms with Gasteiger partial charge in [0.05, 0.1) is 22.1 Å². The predicted molar refractivity (Wildman–Crippen MR) is 221 cm³/mol. The minimum absolute atomic E-state index is 1.17. The van der Waals surface area contributed by atoms with Crippen LogP contribution in [-0.4, -0.2) is 9.13 Å². The fourth-order valence-electron chi connectivity index (χ4n) is 8.91. The molecular weight excluding hydrogens is 637 g/mol. The first kappa shape index (κ1) is 27.4. The highest BCUT2D eigenvalue weighted by Gasteiger charge is 2.21. The van der Waals surface area contributed by atoms with E-state index in [1.54, 1.807) is 0 Å². The Morgan fingerprint density at radius 3 is 1.63 bits per heavy atom. The summed E-state index contributed by atoms with van der Waals surface area (Å²) < 4.78 is 7.63. The summed E-state index contributed by atoms with van der Waals surface area (Å²) in [6.45, 7) is 0. The lowest BCUT2D eigenvalue weighted by atomic mass is 9.94. The van der Waals surface area contributed by atoms with E-state index >= 15 is 0 Å². The van der Waals surface area contributed by atoms with Crippen molar-refractivity contribution in [3.8, 4) is 11.4 Å². The molecule has 3 heterocycles. The van der Waals surface area contributed by atoms with Gasteiger partial charge in [0.1, 0.15) is 0 Å². The summed E-state index contributed by atoms with van der Waals surface area (Å²) in [4.78, 5) is 0. The van der Waals surface area contributed by atoms with Gasteiger partial charge in [-0.25, -0.2) is 0 Å². The maximum atomic E-state index is 2.48. The quantitative estimate of drug-likeness (QED) is 0.163. The largest absolute Gasteiger partial charge is 0.309 e. The summed E-state index contributed by atoms with van der Waals surface area (Å²) in [5.41, 5.74) is 7.22. The van der Waals surface area contributed by atoms with E-state index < -0.39 is 0 Å². The number of benzene rings is 9. The monoisotopic (exact) mass is 664 g/mol. The minimum atomic E-state index is 1.17. The summed E-state index contributed by atoms with van der Waals surface area (Å²) in [6, 6.07) is 62.9. The Bertz CT molecular complexity index is 3380. The average molecular weight is 665 g/mol. The number of hydrogen-bond acceptors (Lipinski definition) is 1. The van der Waals surface area contributed by atoms with Crippen LogP contribution in [-0.2, 0) is 0 Å². The van der Waals surface area contributed by atoms with Crippen molar-refractivity contribution >= 4 is 107 Å². The molecule has 0 N–H and O–H groups in total. The normalized spacial score (nSPS) is 12.3. The first-order valence-electron chi connectivity index (χ1n) is 17.5. The molecule has 236 valence electrons. The molecule has 51 heavy (non-hydrogen) atoms. The van der Waals surface area contributed by atoms with Crippen molar-refractivity contribution in [2.75, 3.05) is 0 Å². The Morgan fingerprint density at radius 2 is 0.863 bits per heavy atom. The van der Waals surface area contributed by atoms with E-state index in [1.165, 1.54) is 107 Å². The minimum Gasteiger partial charge on any atom is -0.309 e. The second kappa shape index (κ2) is 10.1. The maximum Gasteiger partial charge on any atom is 0.0562 e.